The third kappa shape index (κ3) is 9.09. The van der Waals surface area contributed by atoms with Gasteiger partial charge in [0.25, 0.3) is 0 Å². The van der Waals surface area contributed by atoms with Gasteiger partial charge in [-0.05, 0) is 118 Å². The molecule has 0 bridgehead atoms. The number of hydrogen-bond donors (Lipinski definition) is 13. The number of fused-ring (bicyclic) bond motifs is 5. The molecule has 7 aliphatic rings. The predicted molar refractivity (Wildman–Crippen MR) is 236 cm³/mol. The van der Waals surface area contributed by atoms with Crippen LogP contribution in [0, 0.1) is 45.3 Å². The molecule has 3 saturated heterocycles. The minimum atomic E-state index is -1.77. The molecule has 68 heavy (non-hydrogen) atoms. The molecule has 20 heteroatoms. The normalized spacial score (nSPS) is 52.8. The molecule has 26 unspecified atom stereocenters. The molecule has 7 rings (SSSR count). The number of hydrogen-bond acceptors (Lipinski definition) is 20. The average molecular weight is 979 g/mol. The van der Waals surface area contributed by atoms with Crippen molar-refractivity contribution in [1.29, 1.82) is 0 Å². The Kier molecular flexibility index (Phi) is 15.8. The van der Waals surface area contributed by atoms with Crippen molar-refractivity contribution in [2.24, 2.45) is 45.3 Å². The van der Waals surface area contributed by atoms with Gasteiger partial charge in [-0.3, -0.25) is 5.26 Å². The van der Waals surface area contributed by atoms with Gasteiger partial charge in [0.1, 0.15) is 72.7 Å². The molecule has 0 aromatic carbocycles. The Morgan fingerprint density at radius 1 is 0.662 bits per heavy atom. The molecule has 0 aromatic heterocycles. The number of rotatable bonds is 13. The zero-order valence-electron chi connectivity index (χ0n) is 40.9. The fourth-order valence-electron chi connectivity index (χ4n) is 14.8. The van der Waals surface area contributed by atoms with E-state index < -0.39 is 174 Å². The topological polar surface area (TPSA) is 328 Å². The van der Waals surface area contributed by atoms with Gasteiger partial charge in [-0.1, -0.05) is 46.8 Å². The third-order valence-corrected chi connectivity index (χ3v) is 18.8. The van der Waals surface area contributed by atoms with Crippen LogP contribution in [0.25, 0.3) is 0 Å². The summed E-state index contributed by atoms with van der Waals surface area (Å²) in [5.41, 5.74) is -5.04. The van der Waals surface area contributed by atoms with Crippen LogP contribution in [-0.2, 0) is 33.3 Å². The Morgan fingerprint density at radius 2 is 1.25 bits per heavy atom. The van der Waals surface area contributed by atoms with E-state index in [0.717, 1.165) is 0 Å². The molecule has 7 fully saturated rings. The van der Waals surface area contributed by atoms with E-state index in [9.17, 15) is 66.5 Å². The fraction of sp³-hybridized carbons (Fsp3) is 0.958. The summed E-state index contributed by atoms with van der Waals surface area (Å²) in [6, 6.07) is 0. The monoisotopic (exact) mass is 979 g/mol. The quantitative estimate of drug-likeness (QED) is 0.0476. The first kappa shape index (κ1) is 54.7. The van der Waals surface area contributed by atoms with Crippen molar-refractivity contribution in [1.82, 2.24) is 0 Å². The van der Waals surface area contributed by atoms with Crippen LogP contribution < -0.4 is 0 Å². The third-order valence-electron chi connectivity index (χ3n) is 18.8. The van der Waals surface area contributed by atoms with Crippen molar-refractivity contribution in [3.8, 4) is 0 Å². The Balaban J connectivity index is 1.28. The molecule has 4 saturated carbocycles. The lowest BCUT2D eigenvalue weighted by Gasteiger charge is -2.72. The second kappa shape index (κ2) is 19.7. The van der Waals surface area contributed by atoms with Crippen molar-refractivity contribution >= 4 is 0 Å². The van der Waals surface area contributed by atoms with E-state index in [-0.39, 0.29) is 12.3 Å². The molecule has 4 aliphatic carbocycles. The first-order chi connectivity index (χ1) is 31.6. The molecule has 0 aromatic rings. The lowest BCUT2D eigenvalue weighted by molar-refractivity contribution is -0.382. The van der Waals surface area contributed by atoms with Gasteiger partial charge in [-0.25, -0.2) is 4.89 Å². The van der Waals surface area contributed by atoms with Gasteiger partial charge in [0, 0.05) is 0 Å². The summed E-state index contributed by atoms with van der Waals surface area (Å²) < 4.78 is 37.9. The van der Waals surface area contributed by atoms with Crippen molar-refractivity contribution in [3.63, 3.8) is 0 Å². The van der Waals surface area contributed by atoms with Crippen molar-refractivity contribution in [3.05, 3.63) is 12.2 Å². The minimum absolute atomic E-state index is 0.140. The summed E-state index contributed by atoms with van der Waals surface area (Å²) in [5, 5.41) is 142. The van der Waals surface area contributed by atoms with Crippen LogP contribution in [0.15, 0.2) is 12.2 Å². The number of ether oxygens (including phenoxy) is 6. The highest BCUT2D eigenvalue weighted by Crippen LogP contribution is 2.76. The summed E-state index contributed by atoms with van der Waals surface area (Å²) in [6.45, 7) is 15.8. The second-order valence-corrected chi connectivity index (χ2v) is 23.5. The Morgan fingerprint density at radius 3 is 1.87 bits per heavy atom. The Bertz CT molecular complexity index is 1750. The van der Waals surface area contributed by atoms with E-state index in [1.165, 1.54) is 6.92 Å². The lowest BCUT2D eigenvalue weighted by Crippen LogP contribution is -2.71. The van der Waals surface area contributed by atoms with E-state index in [4.69, 9.17) is 28.4 Å². The van der Waals surface area contributed by atoms with Crippen molar-refractivity contribution in [2.75, 3.05) is 13.2 Å². The maximum absolute atomic E-state index is 12.8. The average Bonchev–Trinajstić information content (AvgIpc) is 3.67. The fourth-order valence-corrected chi connectivity index (χ4v) is 14.8. The molecular weight excluding hydrogens is 897 g/mol. The maximum Gasteiger partial charge on any atom is 0.187 e. The van der Waals surface area contributed by atoms with Gasteiger partial charge < -0.3 is 89.7 Å². The van der Waals surface area contributed by atoms with Crippen LogP contribution in [0.1, 0.15) is 107 Å². The van der Waals surface area contributed by atoms with E-state index in [0.29, 0.717) is 38.5 Å². The summed E-state index contributed by atoms with van der Waals surface area (Å²) in [4.78, 5) is 4.67. The zero-order valence-corrected chi connectivity index (χ0v) is 40.9. The van der Waals surface area contributed by atoms with Gasteiger partial charge in [0.15, 0.2) is 18.9 Å². The highest BCUT2D eigenvalue weighted by molar-refractivity contribution is 5.22. The number of aliphatic hydroxyl groups excluding tert-OH is 12. The molecule has 3 aliphatic heterocycles. The molecule has 0 spiro atoms. The van der Waals surface area contributed by atoms with Crippen LogP contribution in [-0.4, -0.2) is 201 Å². The van der Waals surface area contributed by atoms with Crippen LogP contribution >= 0.6 is 0 Å². The van der Waals surface area contributed by atoms with Gasteiger partial charge >= 0.3 is 0 Å². The van der Waals surface area contributed by atoms with E-state index >= 15 is 0 Å². The summed E-state index contributed by atoms with van der Waals surface area (Å²) >= 11 is 0. The van der Waals surface area contributed by atoms with E-state index in [2.05, 4.69) is 25.7 Å². The minimum Gasteiger partial charge on any atom is -0.394 e. The van der Waals surface area contributed by atoms with Crippen LogP contribution in [0.4, 0.5) is 0 Å². The van der Waals surface area contributed by atoms with Crippen LogP contribution in [0.2, 0.25) is 0 Å². The highest BCUT2D eigenvalue weighted by atomic mass is 17.1. The maximum atomic E-state index is 12.8. The molecule has 0 amide bonds. The van der Waals surface area contributed by atoms with Crippen molar-refractivity contribution < 1.29 is 99.8 Å². The predicted octanol–water partition coefficient (Wildman–Crippen LogP) is -0.560. The highest BCUT2D eigenvalue weighted by Gasteiger charge is 2.74. The summed E-state index contributed by atoms with van der Waals surface area (Å²) in [5.74, 6) is -1.45. The number of aliphatic hydroxyl groups is 12. The first-order valence-corrected chi connectivity index (χ1v) is 24.5. The van der Waals surface area contributed by atoms with Gasteiger partial charge in [-0.15, -0.1) is 0 Å². The smallest absolute Gasteiger partial charge is 0.187 e. The Labute approximate surface area is 398 Å². The van der Waals surface area contributed by atoms with Gasteiger partial charge in [-0.2, -0.15) is 0 Å². The second-order valence-electron chi connectivity index (χ2n) is 23.5. The molecule has 3 heterocycles. The standard InChI is InChI=1S/C48H82O20/c1-21-30(53)33(56)36(59)40(62-21)66-38-35(58)32(55)26(20-50)65-42(38)63-24-18-47(8)27(45(6)15-12-28(52)44(4,5)39(24)45)17-23(51)29-22(11-16-46(29,47)7)48(9,14-10-13-43(2,3)68-61)67-41-37(60)34(57)31(54)25(19-49)64-41/h10,13,21-42,49-61H,11-12,14-20H2,1-9H3. The van der Waals surface area contributed by atoms with Crippen molar-refractivity contribution in [2.45, 2.75) is 229 Å². The van der Waals surface area contributed by atoms with Gasteiger partial charge in [0.05, 0.1) is 43.2 Å². The lowest BCUT2D eigenvalue weighted by atomic mass is 9.34. The zero-order chi connectivity index (χ0) is 50.4. The molecule has 0 radical (unpaired) electrons. The Hall–Kier alpha value is -1.06. The largest absolute Gasteiger partial charge is 0.394 e. The molecule has 20 nitrogen and oxygen atoms in total. The first-order valence-electron chi connectivity index (χ1n) is 24.5. The molecule has 26 atom stereocenters. The summed E-state index contributed by atoms with van der Waals surface area (Å²) in [7, 11) is 0. The van der Waals surface area contributed by atoms with E-state index in [1.54, 1.807) is 26.0 Å². The SMILES string of the molecule is CC1OC(OC2C(OC3CC4(C)C(CC(O)C5C(C(C)(CC=CC(C)(C)OO)OC6OC(CO)C(O)C(O)C6O)CCC54C)C4(C)CCC(O)C(C)(C)C34)OC(CO)C(O)C2O)C(O)C(O)C1O. The van der Waals surface area contributed by atoms with Crippen LogP contribution in [0.5, 0.6) is 0 Å². The van der Waals surface area contributed by atoms with E-state index in [1.807, 2.05) is 20.8 Å². The molecule has 394 valence electrons. The molecule has 13 N–H and O–H groups in total. The van der Waals surface area contributed by atoms with Crippen LogP contribution in [0.3, 0.4) is 0 Å². The summed E-state index contributed by atoms with van der Waals surface area (Å²) in [6.07, 6.45) is -19.0. The van der Waals surface area contributed by atoms with Gasteiger partial charge in [0.2, 0.25) is 0 Å². The molecular formula is C48H82O20.